The number of rotatable bonds is 1. The zero-order valence-corrected chi connectivity index (χ0v) is 13.0. The molecule has 1 heterocycles. The van der Waals surface area contributed by atoms with Gasteiger partial charge in [0.05, 0.1) is 12.1 Å². The molecular formula is C16H22ClN3. The van der Waals surface area contributed by atoms with Gasteiger partial charge >= 0.3 is 0 Å². The second-order valence-electron chi connectivity index (χ2n) is 6.88. The van der Waals surface area contributed by atoms with E-state index in [2.05, 4.69) is 29.8 Å². The highest BCUT2D eigenvalue weighted by Crippen LogP contribution is 2.46. The molecule has 0 bridgehead atoms. The highest BCUT2D eigenvalue weighted by atomic mass is 35.5. The molecule has 3 rings (SSSR count). The lowest BCUT2D eigenvalue weighted by molar-refractivity contribution is 0.176. The molecular weight excluding hydrogens is 270 g/mol. The van der Waals surface area contributed by atoms with E-state index >= 15 is 0 Å². The highest BCUT2D eigenvalue weighted by molar-refractivity contribution is 6.31. The third-order valence-electron chi connectivity index (χ3n) is 4.84. The third kappa shape index (κ3) is 2.28. The van der Waals surface area contributed by atoms with Gasteiger partial charge in [-0.25, -0.2) is 0 Å². The predicted octanol–water partition coefficient (Wildman–Crippen LogP) is 3.81. The predicted molar refractivity (Wildman–Crippen MR) is 85.4 cm³/mol. The summed E-state index contributed by atoms with van der Waals surface area (Å²) in [6.07, 6.45) is 4.70. The van der Waals surface area contributed by atoms with Crippen molar-refractivity contribution < 1.29 is 0 Å². The summed E-state index contributed by atoms with van der Waals surface area (Å²) in [6, 6.07) is 7.92. The Labute approximate surface area is 125 Å². The van der Waals surface area contributed by atoms with E-state index in [0.717, 1.165) is 30.1 Å². The standard InChI is InChI=1S/C16H22ClN3/c1-15(2)6-8-16(9-7-15)11-19-14(18)20(16)13-5-3-4-12(17)10-13/h3-5,10H,6-9,11H2,1-2H3,(H2,18,19). The van der Waals surface area contributed by atoms with E-state index in [1.54, 1.807) is 0 Å². The van der Waals surface area contributed by atoms with Crippen LogP contribution in [0.4, 0.5) is 5.69 Å². The number of hydrogen-bond acceptors (Lipinski definition) is 3. The number of halogens is 1. The second kappa shape index (κ2) is 4.66. The van der Waals surface area contributed by atoms with Crippen molar-refractivity contribution in [2.24, 2.45) is 16.1 Å². The van der Waals surface area contributed by atoms with E-state index in [-0.39, 0.29) is 5.54 Å². The number of anilines is 1. The number of guanidine groups is 1. The molecule has 1 fully saturated rings. The molecule has 1 aliphatic heterocycles. The molecule has 0 radical (unpaired) electrons. The molecule has 0 amide bonds. The van der Waals surface area contributed by atoms with Crippen LogP contribution in [0.1, 0.15) is 39.5 Å². The van der Waals surface area contributed by atoms with Crippen LogP contribution in [0.2, 0.25) is 5.02 Å². The summed E-state index contributed by atoms with van der Waals surface area (Å²) in [5, 5.41) is 0.744. The van der Waals surface area contributed by atoms with Crippen molar-refractivity contribution in [2.75, 3.05) is 11.4 Å². The minimum absolute atomic E-state index is 0.0598. The van der Waals surface area contributed by atoms with Gasteiger partial charge in [-0.05, 0) is 49.3 Å². The molecule has 20 heavy (non-hydrogen) atoms. The van der Waals surface area contributed by atoms with E-state index in [0.29, 0.717) is 11.4 Å². The Kier molecular flexibility index (Phi) is 3.20. The third-order valence-corrected chi connectivity index (χ3v) is 5.07. The van der Waals surface area contributed by atoms with Crippen LogP contribution in [-0.2, 0) is 0 Å². The Hall–Kier alpha value is -1.22. The number of nitrogens with two attached hydrogens (primary N) is 1. The molecule has 0 saturated heterocycles. The van der Waals surface area contributed by atoms with Gasteiger partial charge in [0, 0.05) is 10.7 Å². The van der Waals surface area contributed by atoms with Crippen molar-refractivity contribution in [1.29, 1.82) is 0 Å². The number of benzene rings is 1. The fraction of sp³-hybridized carbons (Fsp3) is 0.562. The molecule has 0 aromatic heterocycles. The lowest BCUT2D eigenvalue weighted by atomic mass is 9.69. The van der Waals surface area contributed by atoms with Gasteiger partial charge in [0.15, 0.2) is 5.96 Å². The SMILES string of the molecule is CC1(C)CCC2(CC1)CN=C(N)N2c1cccc(Cl)c1. The summed E-state index contributed by atoms with van der Waals surface area (Å²) in [5.41, 5.74) is 7.73. The minimum atomic E-state index is 0.0598. The Bertz CT molecular complexity index is 540. The summed E-state index contributed by atoms with van der Waals surface area (Å²) in [6.45, 7) is 5.51. The molecule has 2 N–H and O–H groups in total. The minimum Gasteiger partial charge on any atom is -0.369 e. The van der Waals surface area contributed by atoms with E-state index in [9.17, 15) is 0 Å². The highest BCUT2D eigenvalue weighted by Gasteiger charge is 2.47. The molecule has 2 aliphatic rings. The number of aliphatic imine (C=N–C) groups is 1. The molecule has 1 spiro atoms. The van der Waals surface area contributed by atoms with Crippen LogP contribution in [-0.4, -0.2) is 18.0 Å². The average molecular weight is 292 g/mol. The topological polar surface area (TPSA) is 41.6 Å². The summed E-state index contributed by atoms with van der Waals surface area (Å²) in [7, 11) is 0. The molecule has 1 aromatic carbocycles. The zero-order valence-electron chi connectivity index (χ0n) is 12.2. The molecule has 0 atom stereocenters. The van der Waals surface area contributed by atoms with Crippen molar-refractivity contribution in [3.8, 4) is 0 Å². The Balaban J connectivity index is 1.93. The fourth-order valence-corrected chi connectivity index (χ4v) is 3.59. The normalized spacial score (nSPS) is 23.9. The molecule has 1 aliphatic carbocycles. The quantitative estimate of drug-likeness (QED) is 0.855. The number of hydrogen-bond donors (Lipinski definition) is 1. The van der Waals surface area contributed by atoms with Crippen molar-refractivity contribution in [2.45, 2.75) is 45.1 Å². The monoisotopic (exact) mass is 291 g/mol. The Morgan fingerprint density at radius 1 is 1.20 bits per heavy atom. The average Bonchev–Trinajstić information content (AvgIpc) is 2.71. The first kappa shape index (κ1) is 13.7. The van der Waals surface area contributed by atoms with Crippen LogP contribution >= 0.6 is 11.6 Å². The van der Waals surface area contributed by atoms with Crippen LogP contribution in [0.5, 0.6) is 0 Å². The molecule has 1 saturated carbocycles. The maximum Gasteiger partial charge on any atom is 0.196 e. The molecule has 4 heteroatoms. The summed E-state index contributed by atoms with van der Waals surface area (Å²) >= 11 is 6.14. The first-order valence-corrected chi connectivity index (χ1v) is 7.66. The Morgan fingerprint density at radius 3 is 2.55 bits per heavy atom. The lowest BCUT2D eigenvalue weighted by Crippen LogP contribution is -2.54. The summed E-state index contributed by atoms with van der Waals surface area (Å²) < 4.78 is 0. The molecule has 3 nitrogen and oxygen atoms in total. The van der Waals surface area contributed by atoms with Gasteiger partial charge in [-0.3, -0.25) is 4.99 Å². The van der Waals surface area contributed by atoms with Gasteiger partial charge in [0.1, 0.15) is 0 Å². The summed E-state index contributed by atoms with van der Waals surface area (Å²) in [5.74, 6) is 0.631. The van der Waals surface area contributed by atoms with Gasteiger partial charge in [0.25, 0.3) is 0 Å². The van der Waals surface area contributed by atoms with Crippen LogP contribution in [0.15, 0.2) is 29.3 Å². The van der Waals surface area contributed by atoms with Gasteiger partial charge in [-0.15, -0.1) is 0 Å². The van der Waals surface area contributed by atoms with Crippen LogP contribution in [0, 0.1) is 5.41 Å². The van der Waals surface area contributed by atoms with Gasteiger partial charge in [-0.2, -0.15) is 0 Å². The van der Waals surface area contributed by atoms with Crippen LogP contribution in [0.25, 0.3) is 0 Å². The van der Waals surface area contributed by atoms with Crippen molar-refractivity contribution in [1.82, 2.24) is 0 Å². The number of nitrogens with zero attached hydrogens (tertiary/aromatic N) is 2. The first-order chi connectivity index (χ1) is 9.42. The smallest absolute Gasteiger partial charge is 0.196 e. The molecule has 1 aromatic rings. The van der Waals surface area contributed by atoms with E-state index in [1.165, 1.54) is 12.8 Å². The van der Waals surface area contributed by atoms with E-state index in [4.69, 9.17) is 17.3 Å². The van der Waals surface area contributed by atoms with Crippen molar-refractivity contribution >= 4 is 23.2 Å². The zero-order chi connectivity index (χ0) is 14.4. The maximum atomic E-state index is 6.17. The Morgan fingerprint density at radius 2 is 1.90 bits per heavy atom. The maximum absolute atomic E-state index is 6.17. The fourth-order valence-electron chi connectivity index (χ4n) is 3.41. The first-order valence-electron chi connectivity index (χ1n) is 7.28. The lowest BCUT2D eigenvalue weighted by Gasteiger charge is -2.46. The van der Waals surface area contributed by atoms with Crippen molar-refractivity contribution in [3.05, 3.63) is 29.3 Å². The van der Waals surface area contributed by atoms with Crippen molar-refractivity contribution in [3.63, 3.8) is 0 Å². The van der Waals surface area contributed by atoms with Crippen LogP contribution in [0.3, 0.4) is 0 Å². The van der Waals surface area contributed by atoms with Crippen LogP contribution < -0.4 is 10.6 Å². The van der Waals surface area contributed by atoms with Gasteiger partial charge in [0.2, 0.25) is 0 Å². The molecule has 0 unspecified atom stereocenters. The summed E-state index contributed by atoms with van der Waals surface area (Å²) in [4.78, 5) is 6.74. The largest absolute Gasteiger partial charge is 0.369 e. The molecule has 108 valence electrons. The van der Waals surface area contributed by atoms with E-state index in [1.807, 2.05) is 18.2 Å². The van der Waals surface area contributed by atoms with Gasteiger partial charge < -0.3 is 10.6 Å². The second-order valence-corrected chi connectivity index (χ2v) is 7.31. The van der Waals surface area contributed by atoms with E-state index < -0.39 is 0 Å². The van der Waals surface area contributed by atoms with Gasteiger partial charge in [-0.1, -0.05) is 31.5 Å².